The molecule has 1 saturated heterocycles. The minimum atomic E-state index is -0.0662. The van der Waals surface area contributed by atoms with Gasteiger partial charge in [-0.25, -0.2) is 0 Å². The minimum absolute atomic E-state index is 0.0662. The number of esters is 1. The second-order valence-electron chi connectivity index (χ2n) is 11.4. The van der Waals surface area contributed by atoms with Crippen molar-refractivity contribution in [1.82, 2.24) is 15.1 Å². The summed E-state index contributed by atoms with van der Waals surface area (Å²) in [6, 6.07) is 0. The molecule has 0 spiro atoms. The first kappa shape index (κ1) is 35.6. The quantitative estimate of drug-likeness (QED) is 0.0698. The minimum Gasteiger partial charge on any atom is -0.466 e. The average Bonchev–Trinajstić information content (AvgIpc) is 2.95. The van der Waals surface area contributed by atoms with E-state index in [1.165, 1.54) is 89.9 Å². The van der Waals surface area contributed by atoms with Crippen LogP contribution in [-0.4, -0.2) is 74.1 Å². The SMILES string of the molecule is CCCCC=CCCCCCCCCN(CCCOC(=O)CCCCCCCCC)CC(=O)N1CCNCC1. The van der Waals surface area contributed by atoms with Crippen LogP contribution in [0.1, 0.15) is 136 Å². The van der Waals surface area contributed by atoms with Crippen LogP contribution >= 0.6 is 0 Å². The monoisotopic (exact) mass is 549 g/mol. The van der Waals surface area contributed by atoms with Crippen molar-refractivity contribution in [2.24, 2.45) is 0 Å². The number of hydrogen-bond acceptors (Lipinski definition) is 5. The summed E-state index contributed by atoms with van der Waals surface area (Å²) < 4.78 is 5.50. The van der Waals surface area contributed by atoms with E-state index in [2.05, 4.69) is 36.2 Å². The second kappa shape index (κ2) is 26.8. The molecule has 0 atom stereocenters. The molecule has 6 heteroatoms. The lowest BCUT2D eigenvalue weighted by atomic mass is 10.1. The van der Waals surface area contributed by atoms with Gasteiger partial charge in [0.1, 0.15) is 0 Å². The van der Waals surface area contributed by atoms with Crippen molar-refractivity contribution < 1.29 is 14.3 Å². The number of nitrogens with one attached hydrogen (secondary N) is 1. The maximum Gasteiger partial charge on any atom is 0.305 e. The van der Waals surface area contributed by atoms with Crippen LogP contribution < -0.4 is 5.32 Å². The molecule has 0 unspecified atom stereocenters. The molecule has 1 amide bonds. The van der Waals surface area contributed by atoms with E-state index in [0.717, 1.165) is 65.0 Å². The predicted molar refractivity (Wildman–Crippen MR) is 165 cm³/mol. The topological polar surface area (TPSA) is 61.9 Å². The van der Waals surface area contributed by atoms with Gasteiger partial charge in [0.2, 0.25) is 5.91 Å². The standard InChI is InChI=1S/C33H63N3O3/c1-3-5-7-9-11-12-13-14-15-17-19-21-26-35(31-32(37)36-28-24-34-25-29-36)27-22-30-39-33(38)23-20-18-16-10-8-6-4-2/h9,11,34H,3-8,10,12-31H2,1-2H3. The summed E-state index contributed by atoms with van der Waals surface area (Å²) in [5, 5.41) is 3.32. The Morgan fingerprint density at radius 2 is 1.28 bits per heavy atom. The van der Waals surface area contributed by atoms with Gasteiger partial charge in [0.05, 0.1) is 13.2 Å². The molecular weight excluding hydrogens is 486 g/mol. The summed E-state index contributed by atoms with van der Waals surface area (Å²) in [7, 11) is 0. The zero-order valence-electron chi connectivity index (χ0n) is 25.9. The van der Waals surface area contributed by atoms with Crippen molar-refractivity contribution in [3.8, 4) is 0 Å². The zero-order chi connectivity index (χ0) is 28.2. The van der Waals surface area contributed by atoms with Crippen molar-refractivity contribution >= 4 is 11.9 Å². The molecule has 1 N–H and O–H groups in total. The average molecular weight is 550 g/mol. The number of piperazine rings is 1. The first-order valence-electron chi connectivity index (χ1n) is 16.7. The van der Waals surface area contributed by atoms with E-state index in [9.17, 15) is 9.59 Å². The maximum absolute atomic E-state index is 12.9. The van der Waals surface area contributed by atoms with E-state index in [1.807, 2.05) is 4.90 Å². The van der Waals surface area contributed by atoms with Gasteiger partial charge in [-0.1, -0.05) is 103 Å². The highest BCUT2D eigenvalue weighted by atomic mass is 16.5. The maximum atomic E-state index is 12.9. The molecule has 0 aromatic heterocycles. The van der Waals surface area contributed by atoms with Crippen molar-refractivity contribution in [2.45, 2.75) is 136 Å². The zero-order valence-corrected chi connectivity index (χ0v) is 25.9. The first-order chi connectivity index (χ1) is 19.2. The fraction of sp³-hybridized carbons (Fsp3) is 0.879. The van der Waals surface area contributed by atoms with Crippen molar-refractivity contribution in [3.05, 3.63) is 12.2 Å². The Morgan fingerprint density at radius 1 is 0.718 bits per heavy atom. The summed E-state index contributed by atoms with van der Waals surface area (Å²) in [6.45, 7) is 10.6. The van der Waals surface area contributed by atoms with Crippen molar-refractivity contribution in [1.29, 1.82) is 0 Å². The van der Waals surface area contributed by atoms with Gasteiger partial charge >= 0.3 is 5.97 Å². The summed E-state index contributed by atoms with van der Waals surface area (Å²) >= 11 is 0. The molecule has 0 aromatic rings. The van der Waals surface area contributed by atoms with Crippen LogP contribution in [0.25, 0.3) is 0 Å². The molecule has 6 nitrogen and oxygen atoms in total. The Hall–Kier alpha value is -1.40. The lowest BCUT2D eigenvalue weighted by molar-refractivity contribution is -0.144. The van der Waals surface area contributed by atoms with E-state index in [1.54, 1.807) is 0 Å². The molecule has 0 saturated carbocycles. The number of nitrogens with zero attached hydrogens (tertiary/aromatic N) is 2. The van der Waals surface area contributed by atoms with E-state index in [-0.39, 0.29) is 11.9 Å². The highest BCUT2D eigenvalue weighted by Gasteiger charge is 2.19. The lowest BCUT2D eigenvalue weighted by Crippen LogP contribution is -2.49. The predicted octanol–water partition coefficient (Wildman–Crippen LogP) is 7.27. The van der Waals surface area contributed by atoms with Crippen molar-refractivity contribution in [3.63, 3.8) is 0 Å². The van der Waals surface area contributed by atoms with Crippen LogP contribution in [0.4, 0.5) is 0 Å². The first-order valence-corrected chi connectivity index (χ1v) is 16.7. The Morgan fingerprint density at radius 3 is 1.97 bits per heavy atom. The normalized spacial score (nSPS) is 14.0. The summed E-state index contributed by atoms with van der Waals surface area (Å²) in [4.78, 5) is 29.2. The molecule has 1 fully saturated rings. The fourth-order valence-electron chi connectivity index (χ4n) is 5.11. The third-order valence-corrected chi connectivity index (χ3v) is 7.68. The number of carbonyl (C=O) groups is 2. The number of hydrogen-bond donors (Lipinski definition) is 1. The van der Waals surface area contributed by atoms with Gasteiger partial charge in [-0.3, -0.25) is 14.5 Å². The highest BCUT2D eigenvalue weighted by molar-refractivity contribution is 5.78. The molecule has 0 aliphatic carbocycles. The van der Waals surface area contributed by atoms with Gasteiger partial charge < -0.3 is 15.0 Å². The third kappa shape index (κ3) is 22.0. The van der Waals surface area contributed by atoms with Crippen molar-refractivity contribution in [2.75, 3.05) is 52.4 Å². The Bertz CT molecular complexity index is 605. The van der Waals surface area contributed by atoms with Gasteiger partial charge in [-0.2, -0.15) is 0 Å². The summed E-state index contributed by atoms with van der Waals surface area (Å²) in [5.74, 6) is 0.169. The Kier molecular flexibility index (Phi) is 24.5. The van der Waals surface area contributed by atoms with Gasteiger partial charge in [0.15, 0.2) is 0 Å². The van der Waals surface area contributed by atoms with Crippen LogP contribution in [-0.2, 0) is 14.3 Å². The molecule has 1 aliphatic rings. The van der Waals surface area contributed by atoms with Crippen LogP contribution in [0, 0.1) is 0 Å². The molecule has 0 radical (unpaired) electrons. The number of carbonyl (C=O) groups excluding carboxylic acids is 2. The van der Waals surface area contributed by atoms with E-state index in [0.29, 0.717) is 19.6 Å². The number of allylic oxidation sites excluding steroid dienone is 2. The van der Waals surface area contributed by atoms with E-state index in [4.69, 9.17) is 4.74 Å². The largest absolute Gasteiger partial charge is 0.466 e. The van der Waals surface area contributed by atoms with E-state index >= 15 is 0 Å². The van der Waals surface area contributed by atoms with Crippen LogP contribution in [0.3, 0.4) is 0 Å². The molecule has 1 rings (SSSR count). The van der Waals surface area contributed by atoms with E-state index < -0.39 is 0 Å². The molecule has 1 aliphatic heterocycles. The molecular formula is C33H63N3O3. The highest BCUT2D eigenvalue weighted by Crippen LogP contribution is 2.11. The number of unbranched alkanes of at least 4 members (excludes halogenated alkanes) is 14. The Balaban J connectivity index is 2.21. The van der Waals surface area contributed by atoms with Gasteiger partial charge in [-0.05, 0) is 45.1 Å². The van der Waals surface area contributed by atoms with Crippen LogP contribution in [0.2, 0.25) is 0 Å². The fourth-order valence-corrected chi connectivity index (χ4v) is 5.11. The number of amides is 1. The summed E-state index contributed by atoms with van der Waals surface area (Å²) in [5.41, 5.74) is 0. The third-order valence-electron chi connectivity index (χ3n) is 7.68. The smallest absolute Gasteiger partial charge is 0.305 e. The Labute approximate surface area is 241 Å². The second-order valence-corrected chi connectivity index (χ2v) is 11.4. The number of rotatable bonds is 26. The van der Waals surface area contributed by atoms with Crippen LogP contribution in [0.15, 0.2) is 12.2 Å². The molecule has 0 bridgehead atoms. The summed E-state index contributed by atoms with van der Waals surface area (Å²) in [6.07, 6.45) is 27.1. The molecule has 0 aromatic carbocycles. The molecule has 228 valence electrons. The molecule has 1 heterocycles. The lowest BCUT2D eigenvalue weighted by Gasteiger charge is -2.30. The number of ether oxygens (including phenoxy) is 1. The van der Waals surface area contributed by atoms with Crippen LogP contribution in [0.5, 0.6) is 0 Å². The molecule has 39 heavy (non-hydrogen) atoms. The van der Waals surface area contributed by atoms with Gasteiger partial charge in [0.25, 0.3) is 0 Å². The van der Waals surface area contributed by atoms with Gasteiger partial charge in [-0.15, -0.1) is 0 Å². The van der Waals surface area contributed by atoms with Gasteiger partial charge in [0, 0.05) is 39.1 Å².